The lowest BCUT2D eigenvalue weighted by Gasteiger charge is -2.30. The molecule has 0 fully saturated rings. The van der Waals surface area contributed by atoms with E-state index in [1.54, 1.807) is 0 Å². The molecule has 0 spiro atoms. The summed E-state index contributed by atoms with van der Waals surface area (Å²) in [6.07, 6.45) is 1.84. The van der Waals surface area contributed by atoms with E-state index in [0.717, 1.165) is 34.3 Å². The van der Waals surface area contributed by atoms with E-state index in [4.69, 9.17) is 4.52 Å². The molecule has 0 saturated carbocycles. The predicted octanol–water partition coefficient (Wildman–Crippen LogP) is 7.05. The van der Waals surface area contributed by atoms with Gasteiger partial charge >= 0.3 is 0 Å². The fourth-order valence-corrected chi connectivity index (χ4v) is 6.01. The summed E-state index contributed by atoms with van der Waals surface area (Å²) < 4.78 is 21.9. The minimum absolute atomic E-state index is 0.451. The van der Waals surface area contributed by atoms with Gasteiger partial charge in [0.1, 0.15) is 5.78 Å². The molecule has 0 bridgehead atoms. The summed E-state index contributed by atoms with van der Waals surface area (Å²) in [6.45, 7) is 2.56. The Kier molecular flexibility index (Phi) is 8.36. The van der Waals surface area contributed by atoms with Crippen molar-refractivity contribution in [3.8, 4) is 0 Å². The third-order valence-corrected chi connectivity index (χ3v) is 8.33. The summed E-state index contributed by atoms with van der Waals surface area (Å²) in [6, 6.07) is 25.7. The van der Waals surface area contributed by atoms with Gasteiger partial charge in [-0.3, -0.25) is 4.57 Å². The van der Waals surface area contributed by atoms with Gasteiger partial charge in [-0.05, 0) is 60.5 Å². The molecule has 0 radical (unpaired) electrons. The van der Waals surface area contributed by atoms with Crippen LogP contribution in [-0.4, -0.2) is 20.7 Å². The van der Waals surface area contributed by atoms with E-state index < -0.39 is 13.2 Å². The number of nitrogens with one attached hydrogen (secondary N) is 1. The van der Waals surface area contributed by atoms with Crippen molar-refractivity contribution in [1.29, 1.82) is 0 Å². The van der Waals surface area contributed by atoms with E-state index in [-0.39, 0.29) is 0 Å². The van der Waals surface area contributed by atoms with Gasteiger partial charge in [0.05, 0.1) is 6.61 Å². The van der Waals surface area contributed by atoms with Crippen LogP contribution < -0.4 is 15.5 Å². The maximum absolute atomic E-state index is 14.7. The molecule has 3 rings (SSSR count). The van der Waals surface area contributed by atoms with Gasteiger partial charge in [0.2, 0.25) is 0 Å². The maximum atomic E-state index is 14.7. The molecule has 0 saturated heterocycles. The highest BCUT2D eigenvalue weighted by molar-refractivity contribution is 9.10. The van der Waals surface area contributed by atoms with Crippen molar-refractivity contribution < 1.29 is 9.09 Å². The van der Waals surface area contributed by atoms with Crippen molar-refractivity contribution in [2.45, 2.75) is 25.5 Å². The summed E-state index contributed by atoms with van der Waals surface area (Å²) in [5.41, 5.74) is 2.88. The Balaban J connectivity index is 2.08. The first-order valence-corrected chi connectivity index (χ1v) is 13.0. The minimum atomic E-state index is -3.31. The van der Waals surface area contributed by atoms with Crippen LogP contribution in [0.5, 0.6) is 0 Å². The van der Waals surface area contributed by atoms with Gasteiger partial charge in [-0.1, -0.05) is 59.6 Å². The average molecular weight is 501 g/mol. The van der Waals surface area contributed by atoms with E-state index in [0.29, 0.717) is 11.9 Å². The molecule has 2 atom stereocenters. The molecular formula is C25H30BrN2O2P. The van der Waals surface area contributed by atoms with Gasteiger partial charge < -0.3 is 14.7 Å². The van der Waals surface area contributed by atoms with Gasteiger partial charge in [-0.15, -0.1) is 0 Å². The molecule has 31 heavy (non-hydrogen) atoms. The monoisotopic (exact) mass is 500 g/mol. The van der Waals surface area contributed by atoms with E-state index in [1.807, 2.05) is 97.9 Å². The molecule has 3 aromatic rings. The lowest BCUT2D eigenvalue weighted by molar-refractivity contribution is 0.308. The third kappa shape index (κ3) is 6.00. The van der Waals surface area contributed by atoms with Gasteiger partial charge in [0.25, 0.3) is 7.37 Å². The lowest BCUT2D eigenvalue weighted by Crippen LogP contribution is -2.21. The summed E-state index contributed by atoms with van der Waals surface area (Å²) in [5.74, 6) is -0.509. The molecule has 0 aromatic heterocycles. The zero-order valence-corrected chi connectivity index (χ0v) is 20.8. The highest BCUT2D eigenvalue weighted by Crippen LogP contribution is 2.59. The zero-order chi connectivity index (χ0) is 22.3. The molecule has 0 heterocycles. The highest BCUT2D eigenvalue weighted by Gasteiger charge is 2.38. The Bertz CT molecular complexity index is 992. The van der Waals surface area contributed by atoms with Crippen molar-refractivity contribution in [2.24, 2.45) is 0 Å². The summed E-state index contributed by atoms with van der Waals surface area (Å²) in [4.78, 5) is 2.03. The van der Waals surface area contributed by atoms with Crippen LogP contribution in [0.4, 0.5) is 11.4 Å². The number of unbranched alkanes of at least 4 members (excludes halogenated alkanes) is 1. The van der Waals surface area contributed by atoms with Crippen LogP contribution in [0.25, 0.3) is 0 Å². The van der Waals surface area contributed by atoms with Crippen molar-refractivity contribution in [3.05, 3.63) is 88.9 Å². The number of nitrogens with zero attached hydrogens (tertiary/aromatic N) is 1. The van der Waals surface area contributed by atoms with Gasteiger partial charge in [-0.2, -0.15) is 0 Å². The fourth-order valence-electron chi connectivity index (χ4n) is 3.30. The first-order chi connectivity index (χ1) is 14.9. The number of anilines is 2. The Morgan fingerprint density at radius 1 is 0.968 bits per heavy atom. The van der Waals surface area contributed by atoms with E-state index in [9.17, 15) is 4.57 Å². The van der Waals surface area contributed by atoms with Crippen molar-refractivity contribution in [3.63, 3.8) is 0 Å². The number of benzene rings is 3. The summed E-state index contributed by atoms with van der Waals surface area (Å²) in [5, 5.41) is 4.22. The van der Waals surface area contributed by atoms with Crippen LogP contribution in [0.3, 0.4) is 0 Å². The quantitative estimate of drug-likeness (QED) is 0.239. The molecule has 0 amide bonds. The van der Waals surface area contributed by atoms with Crippen LogP contribution in [-0.2, 0) is 9.09 Å². The summed E-state index contributed by atoms with van der Waals surface area (Å²) in [7, 11) is 0.679. The highest BCUT2D eigenvalue weighted by atomic mass is 79.9. The molecule has 0 aliphatic heterocycles. The average Bonchev–Trinajstić information content (AvgIpc) is 2.79. The Morgan fingerprint density at radius 2 is 1.61 bits per heavy atom. The maximum Gasteiger partial charge on any atom is 0.258 e. The molecule has 0 aliphatic rings. The number of hydrogen-bond acceptors (Lipinski definition) is 4. The van der Waals surface area contributed by atoms with Crippen LogP contribution >= 0.6 is 23.3 Å². The summed E-state index contributed by atoms with van der Waals surface area (Å²) >= 11 is 3.50. The second kappa shape index (κ2) is 11.0. The van der Waals surface area contributed by atoms with E-state index in [2.05, 4.69) is 28.2 Å². The number of rotatable bonds is 10. The Labute approximate surface area is 194 Å². The molecule has 1 N–H and O–H groups in total. The predicted molar refractivity (Wildman–Crippen MR) is 136 cm³/mol. The number of halogens is 1. The van der Waals surface area contributed by atoms with Gasteiger partial charge in [0, 0.05) is 35.2 Å². The number of hydrogen-bond donors (Lipinski definition) is 1. The van der Waals surface area contributed by atoms with Crippen LogP contribution in [0, 0.1) is 0 Å². The van der Waals surface area contributed by atoms with Gasteiger partial charge in [-0.25, -0.2) is 0 Å². The molecular weight excluding hydrogens is 471 g/mol. The molecule has 164 valence electrons. The topological polar surface area (TPSA) is 41.6 Å². The zero-order valence-electron chi connectivity index (χ0n) is 18.3. The largest absolute Gasteiger partial charge is 0.378 e. The second-order valence-corrected chi connectivity index (χ2v) is 11.1. The van der Waals surface area contributed by atoms with Crippen LogP contribution in [0.15, 0.2) is 83.3 Å². The van der Waals surface area contributed by atoms with Crippen LogP contribution in [0.2, 0.25) is 0 Å². The molecule has 4 nitrogen and oxygen atoms in total. The molecule has 0 aliphatic carbocycles. The Morgan fingerprint density at radius 3 is 2.19 bits per heavy atom. The van der Waals surface area contributed by atoms with E-state index in [1.165, 1.54) is 0 Å². The first-order valence-electron chi connectivity index (χ1n) is 10.5. The Hall–Kier alpha value is -2.07. The molecule has 0 unspecified atom stereocenters. The van der Waals surface area contributed by atoms with Crippen LogP contribution in [0.1, 0.15) is 31.1 Å². The number of para-hydroxylation sites is 1. The third-order valence-electron chi connectivity index (χ3n) is 5.11. The standard InChI is InChI=1S/C25H30BrN2O2P/c1-4-5-19-30-31(29,24-17-15-23(16-18-24)28(2)3)25(20-11-13-21(26)14-12-20)27-22-9-7-6-8-10-22/h6-18,25,27H,4-5,19H2,1-3H3/t25-,31-/m1/s1. The van der Waals surface area contributed by atoms with E-state index >= 15 is 0 Å². The minimum Gasteiger partial charge on any atom is -0.378 e. The molecule has 6 heteroatoms. The van der Waals surface area contributed by atoms with Crippen molar-refractivity contribution in [2.75, 3.05) is 30.9 Å². The van der Waals surface area contributed by atoms with Gasteiger partial charge in [0.15, 0.2) is 0 Å². The fraction of sp³-hybridized carbons (Fsp3) is 0.280. The van der Waals surface area contributed by atoms with Crippen molar-refractivity contribution >= 4 is 40.0 Å². The lowest BCUT2D eigenvalue weighted by atomic mass is 10.2. The molecule has 3 aromatic carbocycles. The normalized spacial score (nSPS) is 13.9. The van der Waals surface area contributed by atoms with Crippen molar-refractivity contribution in [1.82, 2.24) is 0 Å². The second-order valence-electron chi connectivity index (χ2n) is 7.66. The SMILES string of the molecule is CCCCO[P@](=O)(c1ccc(N(C)C)cc1)[C@@H](Nc1ccccc1)c1ccc(Br)cc1. The first kappa shape index (κ1) is 23.6. The smallest absolute Gasteiger partial charge is 0.258 e.